The van der Waals surface area contributed by atoms with Gasteiger partial charge in [0.15, 0.2) is 5.17 Å². The van der Waals surface area contributed by atoms with Crippen LogP contribution >= 0.6 is 11.8 Å². The lowest BCUT2D eigenvalue weighted by molar-refractivity contribution is 0.417. The molecule has 0 aromatic carbocycles. The highest BCUT2D eigenvalue weighted by molar-refractivity contribution is 8.13. The average molecular weight is 228 g/mol. The molecule has 0 amide bonds. The molecule has 0 fully saturated rings. The zero-order chi connectivity index (χ0) is 11.5. The summed E-state index contributed by atoms with van der Waals surface area (Å²) in [5.41, 5.74) is 0.296. The van der Waals surface area contributed by atoms with E-state index in [2.05, 4.69) is 39.9 Å². The number of hydrogen-bond donors (Lipinski definition) is 1. The normalized spacial score (nSPS) is 21.0. The van der Waals surface area contributed by atoms with Gasteiger partial charge < -0.3 is 5.32 Å². The highest BCUT2D eigenvalue weighted by Crippen LogP contribution is 2.26. The van der Waals surface area contributed by atoms with Crippen LogP contribution in [-0.4, -0.2) is 22.0 Å². The van der Waals surface area contributed by atoms with E-state index in [1.165, 1.54) is 25.0 Å². The van der Waals surface area contributed by atoms with Gasteiger partial charge in [0.1, 0.15) is 0 Å². The molecular formula is C12H24N2S. The molecule has 0 aromatic heterocycles. The Kier molecular flexibility index (Phi) is 4.10. The van der Waals surface area contributed by atoms with E-state index in [9.17, 15) is 0 Å². The Morgan fingerprint density at radius 2 is 2.13 bits per heavy atom. The molecular weight excluding hydrogens is 204 g/mol. The molecule has 3 heteroatoms. The van der Waals surface area contributed by atoms with E-state index in [1.807, 2.05) is 11.8 Å². The molecule has 1 N–H and O–H groups in total. The molecule has 1 aliphatic heterocycles. The maximum Gasteiger partial charge on any atom is 0.157 e. The van der Waals surface area contributed by atoms with Crippen molar-refractivity contribution < 1.29 is 0 Å². The van der Waals surface area contributed by atoms with E-state index in [0.29, 0.717) is 0 Å². The van der Waals surface area contributed by atoms with Gasteiger partial charge in [-0.25, -0.2) is 0 Å². The smallest absolute Gasteiger partial charge is 0.157 e. The van der Waals surface area contributed by atoms with Gasteiger partial charge in [0.25, 0.3) is 0 Å². The average Bonchev–Trinajstić information content (AvgIpc) is 1.99. The first kappa shape index (κ1) is 12.9. The quantitative estimate of drug-likeness (QED) is 0.800. The summed E-state index contributed by atoms with van der Waals surface area (Å²) in [5.74, 6) is 1.18. The standard InChI is InChI=1S/C12H24N2S/c1-6-7-11(2,3)13-10-14-12(4,5)8-9-15-10/h6-9H2,1-5H3,(H,13,14). The summed E-state index contributed by atoms with van der Waals surface area (Å²) >= 11 is 1.86. The van der Waals surface area contributed by atoms with Gasteiger partial charge in [0, 0.05) is 11.3 Å². The van der Waals surface area contributed by atoms with Gasteiger partial charge in [-0.3, -0.25) is 4.99 Å². The first-order valence-electron chi connectivity index (χ1n) is 5.85. The zero-order valence-corrected chi connectivity index (χ0v) is 11.5. The van der Waals surface area contributed by atoms with Crippen molar-refractivity contribution in [3.8, 4) is 0 Å². The number of amidine groups is 1. The van der Waals surface area contributed by atoms with Crippen molar-refractivity contribution in [1.82, 2.24) is 5.32 Å². The molecule has 0 radical (unpaired) electrons. The van der Waals surface area contributed by atoms with Crippen LogP contribution in [0.1, 0.15) is 53.9 Å². The second-order valence-electron chi connectivity index (χ2n) is 5.59. The molecule has 0 aliphatic carbocycles. The summed E-state index contributed by atoms with van der Waals surface area (Å²) in [6.07, 6.45) is 3.57. The molecule has 1 heterocycles. The fraction of sp³-hybridized carbons (Fsp3) is 0.917. The number of rotatable bonds is 3. The van der Waals surface area contributed by atoms with Crippen molar-refractivity contribution in [3.63, 3.8) is 0 Å². The molecule has 0 spiro atoms. The number of nitrogens with zero attached hydrogens (tertiary/aromatic N) is 1. The highest BCUT2D eigenvalue weighted by atomic mass is 32.2. The monoisotopic (exact) mass is 228 g/mol. The lowest BCUT2D eigenvalue weighted by Crippen LogP contribution is -2.44. The Balaban J connectivity index is 2.61. The van der Waals surface area contributed by atoms with E-state index < -0.39 is 0 Å². The minimum absolute atomic E-state index is 0.121. The van der Waals surface area contributed by atoms with Crippen LogP contribution in [0.4, 0.5) is 0 Å². The molecule has 0 bridgehead atoms. The third kappa shape index (κ3) is 4.45. The summed E-state index contributed by atoms with van der Waals surface area (Å²) in [7, 11) is 0. The molecule has 0 saturated carbocycles. The summed E-state index contributed by atoms with van der Waals surface area (Å²) in [5, 5.41) is 4.69. The molecule has 2 nitrogen and oxygen atoms in total. The Morgan fingerprint density at radius 3 is 2.67 bits per heavy atom. The fourth-order valence-electron chi connectivity index (χ4n) is 1.80. The molecule has 0 atom stereocenters. The van der Waals surface area contributed by atoms with E-state index in [-0.39, 0.29) is 11.1 Å². The first-order chi connectivity index (χ1) is 6.85. The lowest BCUT2D eigenvalue weighted by Gasteiger charge is -2.32. The predicted molar refractivity (Wildman–Crippen MR) is 70.7 cm³/mol. The van der Waals surface area contributed by atoms with Crippen molar-refractivity contribution >= 4 is 16.9 Å². The van der Waals surface area contributed by atoms with Crippen molar-refractivity contribution in [2.75, 3.05) is 5.75 Å². The number of thioether (sulfide) groups is 1. The van der Waals surface area contributed by atoms with Crippen LogP contribution in [-0.2, 0) is 0 Å². The van der Waals surface area contributed by atoms with Gasteiger partial charge >= 0.3 is 0 Å². The van der Waals surface area contributed by atoms with E-state index >= 15 is 0 Å². The minimum Gasteiger partial charge on any atom is -0.360 e. The second kappa shape index (κ2) is 4.77. The predicted octanol–water partition coefficient (Wildman–Crippen LogP) is 3.43. The van der Waals surface area contributed by atoms with E-state index in [1.54, 1.807) is 0 Å². The van der Waals surface area contributed by atoms with E-state index in [0.717, 1.165) is 5.17 Å². The summed E-state index contributed by atoms with van der Waals surface area (Å²) in [6, 6.07) is 0. The minimum atomic E-state index is 0.121. The summed E-state index contributed by atoms with van der Waals surface area (Å²) in [6.45, 7) is 11.1. The van der Waals surface area contributed by atoms with Crippen LogP contribution in [0.2, 0.25) is 0 Å². The molecule has 1 rings (SSSR count). The van der Waals surface area contributed by atoms with Crippen LogP contribution in [0.15, 0.2) is 4.99 Å². The molecule has 0 aromatic rings. The van der Waals surface area contributed by atoms with Gasteiger partial charge in [0.2, 0.25) is 0 Å². The molecule has 15 heavy (non-hydrogen) atoms. The SMILES string of the molecule is CCCC(C)(C)NC1=NC(C)(C)CCS1. The van der Waals surface area contributed by atoms with Gasteiger partial charge in [-0.15, -0.1) is 0 Å². The first-order valence-corrected chi connectivity index (χ1v) is 6.84. The Bertz CT molecular complexity index is 244. The van der Waals surface area contributed by atoms with Crippen molar-refractivity contribution in [2.24, 2.45) is 4.99 Å². The molecule has 1 aliphatic rings. The fourth-order valence-corrected chi connectivity index (χ4v) is 3.26. The van der Waals surface area contributed by atoms with Crippen LogP contribution in [0.25, 0.3) is 0 Å². The summed E-state index contributed by atoms with van der Waals surface area (Å²) < 4.78 is 0. The van der Waals surface area contributed by atoms with Crippen molar-refractivity contribution in [2.45, 2.75) is 65.0 Å². The third-order valence-electron chi connectivity index (χ3n) is 2.68. The topological polar surface area (TPSA) is 24.4 Å². The number of hydrogen-bond acceptors (Lipinski definition) is 3. The zero-order valence-electron chi connectivity index (χ0n) is 10.7. The Labute approximate surface area is 98.3 Å². The van der Waals surface area contributed by atoms with Crippen LogP contribution in [0, 0.1) is 0 Å². The van der Waals surface area contributed by atoms with Gasteiger partial charge in [-0.05, 0) is 40.5 Å². The van der Waals surface area contributed by atoms with Gasteiger partial charge in [-0.2, -0.15) is 0 Å². The lowest BCUT2D eigenvalue weighted by atomic mass is 9.99. The Hall–Kier alpha value is -0.180. The maximum absolute atomic E-state index is 4.75. The third-order valence-corrected chi connectivity index (χ3v) is 3.55. The van der Waals surface area contributed by atoms with Crippen molar-refractivity contribution in [1.29, 1.82) is 0 Å². The highest BCUT2D eigenvalue weighted by Gasteiger charge is 2.25. The molecule has 0 unspecified atom stereocenters. The summed E-state index contributed by atoms with van der Waals surface area (Å²) in [4.78, 5) is 4.75. The second-order valence-corrected chi connectivity index (χ2v) is 6.67. The number of nitrogens with one attached hydrogen (secondary N) is 1. The van der Waals surface area contributed by atoms with Crippen molar-refractivity contribution in [3.05, 3.63) is 0 Å². The van der Waals surface area contributed by atoms with Crippen LogP contribution in [0.5, 0.6) is 0 Å². The largest absolute Gasteiger partial charge is 0.360 e. The maximum atomic E-state index is 4.75. The Morgan fingerprint density at radius 1 is 1.47 bits per heavy atom. The number of aliphatic imine (C=N–C) groups is 1. The molecule has 0 saturated heterocycles. The molecule has 88 valence electrons. The van der Waals surface area contributed by atoms with E-state index in [4.69, 9.17) is 4.99 Å². The van der Waals surface area contributed by atoms with Gasteiger partial charge in [0.05, 0.1) is 5.54 Å². The van der Waals surface area contributed by atoms with Crippen LogP contribution < -0.4 is 5.32 Å². The van der Waals surface area contributed by atoms with Gasteiger partial charge in [-0.1, -0.05) is 25.1 Å². The van der Waals surface area contributed by atoms with Crippen LogP contribution in [0.3, 0.4) is 0 Å².